The number of amides is 1. The quantitative estimate of drug-likeness (QED) is 0.826. The summed E-state index contributed by atoms with van der Waals surface area (Å²) in [6, 6.07) is 11.7. The molecule has 1 amide bonds. The number of hydrogen-bond acceptors (Lipinski definition) is 6. The van der Waals surface area contributed by atoms with Gasteiger partial charge in [-0.15, -0.1) is 0 Å². The first-order chi connectivity index (χ1) is 13.5. The topological polar surface area (TPSA) is 95.0 Å². The van der Waals surface area contributed by atoms with Gasteiger partial charge in [0.05, 0.1) is 4.90 Å². The van der Waals surface area contributed by atoms with Crippen molar-refractivity contribution in [1.82, 2.24) is 14.6 Å². The number of carbonyl (C=O) groups is 1. The van der Waals surface area contributed by atoms with Crippen LogP contribution in [-0.4, -0.2) is 62.3 Å². The zero-order valence-electron chi connectivity index (χ0n) is 15.4. The summed E-state index contributed by atoms with van der Waals surface area (Å²) in [7, 11) is -3.61. The average Bonchev–Trinajstić information content (AvgIpc) is 2.98. The van der Waals surface area contributed by atoms with Gasteiger partial charge in [-0.25, -0.2) is 13.4 Å². The molecule has 0 radical (unpaired) electrons. The lowest BCUT2D eigenvalue weighted by molar-refractivity contribution is -0.132. The van der Waals surface area contributed by atoms with Gasteiger partial charge in [0.2, 0.25) is 5.91 Å². The smallest absolute Gasteiger partial charge is 0.263 e. The van der Waals surface area contributed by atoms with E-state index in [1.165, 1.54) is 6.07 Å². The van der Waals surface area contributed by atoms with E-state index in [1.54, 1.807) is 36.2 Å². The summed E-state index contributed by atoms with van der Waals surface area (Å²) in [4.78, 5) is 25.6. The average molecular weight is 399 g/mol. The van der Waals surface area contributed by atoms with E-state index < -0.39 is 16.1 Å². The largest absolute Gasteiger partial charge is 0.353 e. The molecule has 3 heterocycles. The first-order valence-corrected chi connectivity index (χ1v) is 10.6. The number of pyridine rings is 1. The Kier molecular flexibility index (Phi) is 4.76. The molecule has 1 saturated heterocycles. The van der Waals surface area contributed by atoms with Gasteiger partial charge in [-0.1, -0.05) is 18.2 Å². The van der Waals surface area contributed by atoms with Crippen LogP contribution >= 0.6 is 0 Å². The highest BCUT2D eigenvalue weighted by molar-refractivity contribution is 7.90. The monoisotopic (exact) mass is 399 g/mol. The number of nitrogens with zero attached hydrogens (tertiary/aromatic N) is 4. The molecule has 1 fully saturated rings. The fourth-order valence-electron chi connectivity index (χ4n) is 3.44. The molecule has 9 heteroatoms. The van der Waals surface area contributed by atoms with Crippen LogP contribution in [0.1, 0.15) is 12.5 Å². The molecule has 0 aliphatic carbocycles. The minimum Gasteiger partial charge on any atom is -0.353 e. The van der Waals surface area contributed by atoms with Crippen LogP contribution in [0, 0.1) is 0 Å². The third kappa shape index (κ3) is 3.45. The predicted molar refractivity (Wildman–Crippen MR) is 106 cm³/mol. The van der Waals surface area contributed by atoms with E-state index in [0.29, 0.717) is 31.7 Å². The van der Waals surface area contributed by atoms with Crippen molar-refractivity contribution in [2.75, 3.05) is 31.1 Å². The second-order valence-electron chi connectivity index (χ2n) is 6.76. The summed E-state index contributed by atoms with van der Waals surface area (Å²) in [6.45, 7) is 4.23. The number of aromatic nitrogens is 1. The number of piperazine rings is 1. The Morgan fingerprint density at radius 3 is 2.54 bits per heavy atom. The standard InChI is InChI=1S/C19H21N5O3S/c1-14(21-18-15-6-2-3-7-16(15)28(26,27)22-18)19(25)24-12-10-23(11-13-24)17-8-4-5-9-20-17/h2-9,14H,10-13H2,1H3,(H,21,22). The van der Waals surface area contributed by atoms with E-state index in [1.807, 2.05) is 18.2 Å². The molecule has 1 aromatic heterocycles. The first-order valence-electron chi connectivity index (χ1n) is 9.10. The Labute approximate surface area is 164 Å². The van der Waals surface area contributed by atoms with Gasteiger partial charge in [0.1, 0.15) is 17.7 Å². The van der Waals surface area contributed by atoms with Crippen LogP contribution in [0.15, 0.2) is 58.5 Å². The Hall–Kier alpha value is -2.94. The van der Waals surface area contributed by atoms with E-state index in [4.69, 9.17) is 0 Å². The molecular formula is C19H21N5O3S. The van der Waals surface area contributed by atoms with Crippen molar-refractivity contribution in [2.24, 2.45) is 4.99 Å². The molecule has 1 aromatic carbocycles. The Bertz CT molecular complexity index is 1010. The van der Waals surface area contributed by atoms with Gasteiger partial charge >= 0.3 is 0 Å². The third-order valence-electron chi connectivity index (χ3n) is 4.91. The SMILES string of the molecule is CC(N=C1NS(=O)(=O)c2ccccc21)C(=O)N1CCN(c2ccccn2)CC1. The van der Waals surface area contributed by atoms with Gasteiger partial charge < -0.3 is 9.80 Å². The summed E-state index contributed by atoms with van der Waals surface area (Å²) >= 11 is 0. The van der Waals surface area contributed by atoms with Gasteiger partial charge in [-0.3, -0.25) is 14.5 Å². The molecule has 2 aliphatic rings. The summed E-state index contributed by atoms with van der Waals surface area (Å²) in [5.74, 6) is 1.01. The maximum Gasteiger partial charge on any atom is 0.263 e. The molecule has 1 unspecified atom stereocenters. The van der Waals surface area contributed by atoms with Crippen molar-refractivity contribution in [3.05, 3.63) is 54.2 Å². The molecule has 0 bridgehead atoms. The molecule has 2 aliphatic heterocycles. The van der Waals surface area contributed by atoms with Crippen LogP contribution in [0.2, 0.25) is 0 Å². The number of amidine groups is 1. The fraction of sp³-hybridized carbons (Fsp3) is 0.316. The lowest BCUT2D eigenvalue weighted by Crippen LogP contribution is -2.51. The Morgan fingerprint density at radius 1 is 1.11 bits per heavy atom. The van der Waals surface area contributed by atoms with E-state index in [0.717, 1.165) is 5.82 Å². The Morgan fingerprint density at radius 2 is 1.82 bits per heavy atom. The van der Waals surface area contributed by atoms with Gasteiger partial charge in [0.15, 0.2) is 0 Å². The number of carbonyl (C=O) groups excluding carboxylic acids is 1. The van der Waals surface area contributed by atoms with Crippen molar-refractivity contribution in [3.63, 3.8) is 0 Å². The fourth-order valence-corrected chi connectivity index (χ4v) is 4.68. The molecule has 4 rings (SSSR count). The van der Waals surface area contributed by atoms with Crippen molar-refractivity contribution in [2.45, 2.75) is 17.9 Å². The molecule has 28 heavy (non-hydrogen) atoms. The molecule has 0 saturated carbocycles. The van der Waals surface area contributed by atoms with Crippen molar-refractivity contribution < 1.29 is 13.2 Å². The van der Waals surface area contributed by atoms with Gasteiger partial charge in [-0.05, 0) is 31.2 Å². The number of sulfonamides is 1. The normalized spacial score (nSPS) is 20.5. The molecule has 1 N–H and O–H groups in total. The number of benzene rings is 1. The van der Waals surface area contributed by atoms with Crippen LogP contribution in [0.5, 0.6) is 0 Å². The van der Waals surface area contributed by atoms with Crippen LogP contribution in [-0.2, 0) is 14.8 Å². The van der Waals surface area contributed by atoms with Crippen LogP contribution in [0.25, 0.3) is 0 Å². The molecular weight excluding hydrogens is 378 g/mol. The first kappa shape index (κ1) is 18.4. The maximum absolute atomic E-state index is 12.8. The van der Waals surface area contributed by atoms with Gasteiger partial charge in [0.25, 0.3) is 10.0 Å². The van der Waals surface area contributed by atoms with Gasteiger partial charge in [-0.2, -0.15) is 0 Å². The Balaban J connectivity index is 1.44. The summed E-state index contributed by atoms with van der Waals surface area (Å²) in [6.07, 6.45) is 1.76. The van der Waals surface area contributed by atoms with E-state index in [2.05, 4.69) is 19.6 Å². The number of nitrogens with one attached hydrogen (secondary N) is 1. The lowest BCUT2D eigenvalue weighted by Gasteiger charge is -2.36. The minimum atomic E-state index is -3.61. The number of aliphatic imine (C=N–C) groups is 1. The number of hydrogen-bond donors (Lipinski definition) is 1. The van der Waals surface area contributed by atoms with Crippen molar-refractivity contribution >= 4 is 27.6 Å². The minimum absolute atomic E-state index is 0.114. The van der Waals surface area contributed by atoms with E-state index in [-0.39, 0.29) is 16.6 Å². The van der Waals surface area contributed by atoms with Crippen LogP contribution in [0.4, 0.5) is 5.82 Å². The number of fused-ring (bicyclic) bond motifs is 1. The van der Waals surface area contributed by atoms with E-state index >= 15 is 0 Å². The van der Waals surface area contributed by atoms with Crippen LogP contribution < -0.4 is 9.62 Å². The van der Waals surface area contributed by atoms with Crippen molar-refractivity contribution in [1.29, 1.82) is 0 Å². The number of rotatable bonds is 3. The highest BCUT2D eigenvalue weighted by Gasteiger charge is 2.32. The predicted octanol–water partition coefficient (Wildman–Crippen LogP) is 0.857. The maximum atomic E-state index is 12.8. The molecule has 8 nitrogen and oxygen atoms in total. The highest BCUT2D eigenvalue weighted by Crippen LogP contribution is 2.23. The van der Waals surface area contributed by atoms with Crippen LogP contribution in [0.3, 0.4) is 0 Å². The van der Waals surface area contributed by atoms with Crippen molar-refractivity contribution in [3.8, 4) is 0 Å². The number of anilines is 1. The van der Waals surface area contributed by atoms with E-state index in [9.17, 15) is 13.2 Å². The summed E-state index contributed by atoms with van der Waals surface area (Å²) < 4.78 is 26.8. The van der Waals surface area contributed by atoms with Gasteiger partial charge in [0, 0.05) is 37.9 Å². The second kappa shape index (κ2) is 7.23. The zero-order valence-corrected chi connectivity index (χ0v) is 16.3. The summed E-state index contributed by atoms with van der Waals surface area (Å²) in [5.41, 5.74) is 0.502. The molecule has 1 atom stereocenters. The highest BCUT2D eigenvalue weighted by atomic mass is 32.2. The third-order valence-corrected chi connectivity index (χ3v) is 6.30. The second-order valence-corrected chi connectivity index (χ2v) is 8.41. The summed E-state index contributed by atoms with van der Waals surface area (Å²) in [5, 5.41) is 0. The zero-order chi connectivity index (χ0) is 19.7. The lowest BCUT2D eigenvalue weighted by atomic mass is 10.2. The molecule has 2 aromatic rings. The molecule has 146 valence electrons. The molecule has 0 spiro atoms.